The second-order valence-corrected chi connectivity index (χ2v) is 4.68. The van der Waals surface area contributed by atoms with Crippen molar-refractivity contribution in [1.82, 2.24) is 10.2 Å². The summed E-state index contributed by atoms with van der Waals surface area (Å²) in [5.74, 6) is -0.390. The van der Waals surface area contributed by atoms with Crippen LogP contribution in [0.5, 0.6) is 0 Å². The molecular formula is C11H19N3O2. The van der Waals surface area contributed by atoms with E-state index >= 15 is 0 Å². The van der Waals surface area contributed by atoms with Gasteiger partial charge in [-0.05, 0) is 25.7 Å². The molecule has 0 spiro atoms. The average molecular weight is 225 g/mol. The maximum Gasteiger partial charge on any atom is 0.318 e. The number of urea groups is 1. The lowest BCUT2D eigenvalue weighted by molar-refractivity contribution is -0.121. The molecule has 0 aromatic carbocycles. The van der Waals surface area contributed by atoms with E-state index in [0.29, 0.717) is 19.0 Å². The van der Waals surface area contributed by atoms with Crippen molar-refractivity contribution in [3.8, 4) is 0 Å². The Morgan fingerprint density at radius 2 is 1.81 bits per heavy atom. The Hall–Kier alpha value is -1.26. The molecule has 1 atom stereocenters. The number of nitrogens with one attached hydrogen (secondary N) is 1. The third kappa shape index (κ3) is 2.28. The molecule has 16 heavy (non-hydrogen) atoms. The van der Waals surface area contributed by atoms with Crippen LogP contribution in [0.1, 0.15) is 38.5 Å². The number of carbonyl (C=O) groups is 2. The minimum Gasteiger partial charge on any atom is -0.368 e. The molecule has 0 aromatic rings. The summed E-state index contributed by atoms with van der Waals surface area (Å²) >= 11 is 0. The first-order chi connectivity index (χ1) is 7.68. The molecule has 1 aliphatic carbocycles. The maximum atomic E-state index is 11.9. The summed E-state index contributed by atoms with van der Waals surface area (Å²) in [6.07, 6.45) is 6.05. The zero-order chi connectivity index (χ0) is 11.5. The number of amides is 3. The van der Waals surface area contributed by atoms with Crippen molar-refractivity contribution in [3.05, 3.63) is 0 Å². The normalized spacial score (nSPS) is 26.0. The Bertz CT molecular complexity index is 287. The first kappa shape index (κ1) is 11.2. The van der Waals surface area contributed by atoms with Gasteiger partial charge < -0.3 is 16.0 Å². The highest BCUT2D eigenvalue weighted by Crippen LogP contribution is 2.20. The van der Waals surface area contributed by atoms with Crippen LogP contribution in [0.2, 0.25) is 0 Å². The molecule has 1 heterocycles. The van der Waals surface area contributed by atoms with Crippen LogP contribution < -0.4 is 11.1 Å². The van der Waals surface area contributed by atoms with Crippen LogP contribution in [0.15, 0.2) is 0 Å². The number of primary amides is 1. The molecule has 2 rings (SSSR count). The second-order valence-electron chi connectivity index (χ2n) is 4.68. The SMILES string of the molecule is NC(=O)C1CCCN1C(=O)NC1CCCC1. The zero-order valence-corrected chi connectivity index (χ0v) is 9.45. The summed E-state index contributed by atoms with van der Waals surface area (Å²) < 4.78 is 0. The van der Waals surface area contributed by atoms with Gasteiger partial charge in [-0.1, -0.05) is 12.8 Å². The summed E-state index contributed by atoms with van der Waals surface area (Å²) in [4.78, 5) is 24.7. The number of carbonyl (C=O) groups excluding carboxylic acids is 2. The fourth-order valence-corrected chi connectivity index (χ4v) is 2.63. The summed E-state index contributed by atoms with van der Waals surface area (Å²) in [5, 5.41) is 2.98. The van der Waals surface area contributed by atoms with Gasteiger partial charge >= 0.3 is 6.03 Å². The molecule has 1 saturated carbocycles. The van der Waals surface area contributed by atoms with Gasteiger partial charge in [-0.25, -0.2) is 4.79 Å². The first-order valence-corrected chi connectivity index (χ1v) is 6.05. The van der Waals surface area contributed by atoms with E-state index in [4.69, 9.17) is 5.73 Å². The van der Waals surface area contributed by atoms with Crippen molar-refractivity contribution in [1.29, 1.82) is 0 Å². The van der Waals surface area contributed by atoms with Gasteiger partial charge in [-0.15, -0.1) is 0 Å². The van der Waals surface area contributed by atoms with Gasteiger partial charge in [0, 0.05) is 12.6 Å². The Morgan fingerprint density at radius 1 is 1.12 bits per heavy atom. The molecule has 2 aliphatic rings. The topological polar surface area (TPSA) is 75.4 Å². The fourth-order valence-electron chi connectivity index (χ4n) is 2.63. The number of hydrogen-bond acceptors (Lipinski definition) is 2. The van der Waals surface area contributed by atoms with Crippen molar-refractivity contribution in [2.45, 2.75) is 50.6 Å². The van der Waals surface area contributed by atoms with E-state index in [2.05, 4.69) is 5.32 Å². The molecule has 0 aromatic heterocycles. The molecule has 2 fully saturated rings. The van der Waals surface area contributed by atoms with Gasteiger partial charge in [-0.2, -0.15) is 0 Å². The highest BCUT2D eigenvalue weighted by molar-refractivity contribution is 5.86. The minimum absolute atomic E-state index is 0.117. The first-order valence-electron chi connectivity index (χ1n) is 6.05. The monoisotopic (exact) mass is 225 g/mol. The Kier molecular flexibility index (Phi) is 3.31. The van der Waals surface area contributed by atoms with Crippen LogP contribution in [0, 0.1) is 0 Å². The Labute approximate surface area is 95.3 Å². The van der Waals surface area contributed by atoms with Gasteiger partial charge in [0.1, 0.15) is 6.04 Å². The Balaban J connectivity index is 1.90. The average Bonchev–Trinajstić information content (AvgIpc) is 2.86. The standard InChI is InChI=1S/C11H19N3O2/c12-10(15)9-6-3-7-14(9)11(16)13-8-4-1-2-5-8/h8-9H,1-7H2,(H2,12,15)(H,13,16). The van der Waals surface area contributed by atoms with Gasteiger partial charge in [0.15, 0.2) is 0 Å². The van der Waals surface area contributed by atoms with E-state index in [1.165, 1.54) is 12.8 Å². The lowest BCUT2D eigenvalue weighted by Gasteiger charge is -2.24. The minimum atomic E-state index is -0.401. The molecule has 5 nitrogen and oxygen atoms in total. The van der Waals surface area contributed by atoms with Crippen LogP contribution in [0.3, 0.4) is 0 Å². The smallest absolute Gasteiger partial charge is 0.318 e. The van der Waals surface area contributed by atoms with Gasteiger partial charge in [0.05, 0.1) is 0 Å². The molecular weight excluding hydrogens is 206 g/mol. The molecule has 90 valence electrons. The number of rotatable bonds is 2. The number of likely N-dealkylation sites (tertiary alicyclic amines) is 1. The largest absolute Gasteiger partial charge is 0.368 e. The lowest BCUT2D eigenvalue weighted by Crippen LogP contribution is -2.50. The zero-order valence-electron chi connectivity index (χ0n) is 9.45. The molecule has 1 saturated heterocycles. The molecule has 5 heteroatoms. The summed E-state index contributed by atoms with van der Waals surface area (Å²) in [5.41, 5.74) is 5.27. The lowest BCUT2D eigenvalue weighted by atomic mass is 10.2. The van der Waals surface area contributed by atoms with Crippen LogP contribution >= 0.6 is 0 Å². The van der Waals surface area contributed by atoms with Crippen molar-refractivity contribution in [2.75, 3.05) is 6.54 Å². The summed E-state index contributed by atoms with van der Waals surface area (Å²) in [6, 6.07) is -0.226. The van der Waals surface area contributed by atoms with Gasteiger partial charge in [0.2, 0.25) is 5.91 Å². The molecule has 0 bridgehead atoms. The third-order valence-electron chi connectivity index (χ3n) is 3.52. The molecule has 1 aliphatic heterocycles. The molecule has 3 N–H and O–H groups in total. The maximum absolute atomic E-state index is 11.9. The van der Waals surface area contributed by atoms with Crippen molar-refractivity contribution in [3.63, 3.8) is 0 Å². The molecule has 3 amide bonds. The quantitative estimate of drug-likeness (QED) is 0.721. The van der Waals surface area contributed by atoms with Crippen LogP contribution in [0.4, 0.5) is 4.79 Å². The Morgan fingerprint density at radius 3 is 2.44 bits per heavy atom. The second kappa shape index (κ2) is 4.72. The summed E-state index contributed by atoms with van der Waals surface area (Å²) in [7, 11) is 0. The van der Waals surface area contributed by atoms with E-state index in [1.807, 2.05) is 0 Å². The van der Waals surface area contributed by atoms with Crippen LogP contribution in [-0.2, 0) is 4.79 Å². The predicted molar refractivity (Wildman–Crippen MR) is 59.7 cm³/mol. The third-order valence-corrected chi connectivity index (χ3v) is 3.52. The van der Waals surface area contributed by atoms with E-state index in [-0.39, 0.29) is 11.9 Å². The number of nitrogens with zero attached hydrogens (tertiary/aromatic N) is 1. The van der Waals surface area contributed by atoms with Crippen LogP contribution in [0.25, 0.3) is 0 Å². The van der Waals surface area contributed by atoms with Gasteiger partial charge in [-0.3, -0.25) is 4.79 Å². The van der Waals surface area contributed by atoms with E-state index in [9.17, 15) is 9.59 Å². The van der Waals surface area contributed by atoms with Crippen molar-refractivity contribution in [2.24, 2.45) is 5.73 Å². The van der Waals surface area contributed by atoms with E-state index in [1.54, 1.807) is 4.90 Å². The number of hydrogen-bond donors (Lipinski definition) is 2. The van der Waals surface area contributed by atoms with E-state index < -0.39 is 6.04 Å². The highest BCUT2D eigenvalue weighted by Gasteiger charge is 2.33. The van der Waals surface area contributed by atoms with Gasteiger partial charge in [0.25, 0.3) is 0 Å². The summed E-state index contributed by atoms with van der Waals surface area (Å²) in [6.45, 7) is 0.645. The van der Waals surface area contributed by atoms with Crippen molar-refractivity contribution < 1.29 is 9.59 Å². The fraction of sp³-hybridized carbons (Fsp3) is 0.818. The van der Waals surface area contributed by atoms with Crippen molar-refractivity contribution >= 4 is 11.9 Å². The highest BCUT2D eigenvalue weighted by atomic mass is 16.2. The molecule has 0 radical (unpaired) electrons. The van der Waals surface area contributed by atoms with E-state index in [0.717, 1.165) is 19.3 Å². The number of nitrogens with two attached hydrogens (primary N) is 1. The van der Waals surface area contributed by atoms with Crippen LogP contribution in [-0.4, -0.2) is 35.5 Å². The molecule has 1 unspecified atom stereocenters. The predicted octanol–water partition coefficient (Wildman–Crippen LogP) is 0.588.